The number of fused-ring (bicyclic) bond motifs is 3. The van der Waals surface area contributed by atoms with Crippen molar-refractivity contribution >= 4 is 23.9 Å². The zero-order chi connectivity index (χ0) is 23.5. The monoisotopic (exact) mass is 450 g/mol. The molecule has 2 aromatic carbocycles. The molecular formula is C25H26N2O6. The van der Waals surface area contributed by atoms with Crippen LogP contribution in [0.2, 0.25) is 0 Å². The van der Waals surface area contributed by atoms with E-state index in [0.717, 1.165) is 22.3 Å². The van der Waals surface area contributed by atoms with Gasteiger partial charge in [0.05, 0.1) is 0 Å². The van der Waals surface area contributed by atoms with Gasteiger partial charge in [0, 0.05) is 18.8 Å². The number of imide groups is 1. The molecule has 0 spiro atoms. The zero-order valence-electron chi connectivity index (χ0n) is 18.6. The largest absolute Gasteiger partial charge is 0.449 e. The Hall–Kier alpha value is -3.68. The summed E-state index contributed by atoms with van der Waals surface area (Å²) in [6.07, 6.45) is -0.205. The maximum Gasteiger partial charge on any atom is 0.407 e. The molecule has 1 aliphatic carbocycles. The number of alkyl carbamates (subject to hydrolysis) is 1. The van der Waals surface area contributed by atoms with Crippen molar-refractivity contribution in [3.05, 3.63) is 59.7 Å². The maximum absolute atomic E-state index is 12.7. The minimum Gasteiger partial charge on any atom is -0.449 e. The van der Waals surface area contributed by atoms with Gasteiger partial charge in [0.25, 0.3) is 11.8 Å². The molecule has 1 fully saturated rings. The third kappa shape index (κ3) is 4.46. The van der Waals surface area contributed by atoms with Crippen molar-refractivity contribution in [3.63, 3.8) is 0 Å². The number of rotatable bonds is 7. The Labute approximate surface area is 191 Å². The average molecular weight is 450 g/mol. The first kappa shape index (κ1) is 22.5. The van der Waals surface area contributed by atoms with Gasteiger partial charge in [-0.15, -0.1) is 5.06 Å². The standard InChI is InChI=1S/C25H26N2O6/c1-3-15(2)23(24(30)33-27-21(28)12-13-22(27)29)26-25(31)32-14-20-18-10-6-4-8-16(18)17-9-5-7-11-19(17)20/h4-11,15,20,23H,3,12-14H2,1-2H3,(H,26,31)/t15-,23-/m1/s1. The molecule has 8 heteroatoms. The molecular weight excluding hydrogens is 424 g/mol. The molecule has 1 heterocycles. The van der Waals surface area contributed by atoms with E-state index >= 15 is 0 Å². The van der Waals surface area contributed by atoms with Crippen LogP contribution in [-0.4, -0.2) is 41.6 Å². The van der Waals surface area contributed by atoms with Gasteiger partial charge in [-0.3, -0.25) is 9.59 Å². The van der Waals surface area contributed by atoms with Gasteiger partial charge in [0.15, 0.2) is 0 Å². The van der Waals surface area contributed by atoms with Crippen LogP contribution in [0.3, 0.4) is 0 Å². The van der Waals surface area contributed by atoms with Crippen molar-refractivity contribution in [3.8, 4) is 11.1 Å². The molecule has 0 radical (unpaired) electrons. The SMILES string of the molecule is CC[C@@H](C)[C@@H](NC(=O)OCC1c2ccccc2-c2ccccc21)C(=O)ON1C(=O)CCC1=O. The number of carbonyl (C=O) groups is 4. The molecule has 2 atom stereocenters. The summed E-state index contributed by atoms with van der Waals surface area (Å²) in [5, 5.41) is 3.04. The summed E-state index contributed by atoms with van der Waals surface area (Å²) < 4.78 is 5.52. The number of hydrogen-bond donors (Lipinski definition) is 1. The topological polar surface area (TPSA) is 102 Å². The molecule has 0 bridgehead atoms. The number of benzene rings is 2. The Morgan fingerprint density at radius 1 is 1.00 bits per heavy atom. The lowest BCUT2D eigenvalue weighted by atomic mass is 9.98. The summed E-state index contributed by atoms with van der Waals surface area (Å²) in [4.78, 5) is 53.9. The predicted octanol–water partition coefficient (Wildman–Crippen LogP) is 3.55. The molecule has 1 N–H and O–H groups in total. The van der Waals surface area contributed by atoms with Crippen LogP contribution in [0.1, 0.15) is 50.2 Å². The van der Waals surface area contributed by atoms with Gasteiger partial charge in [0.2, 0.25) is 0 Å². The van der Waals surface area contributed by atoms with Crippen LogP contribution in [0.15, 0.2) is 48.5 Å². The second-order valence-corrected chi connectivity index (χ2v) is 8.33. The first-order valence-electron chi connectivity index (χ1n) is 11.1. The number of amides is 3. The highest BCUT2D eigenvalue weighted by atomic mass is 16.7. The van der Waals surface area contributed by atoms with E-state index in [0.29, 0.717) is 11.5 Å². The summed E-state index contributed by atoms with van der Waals surface area (Å²) in [7, 11) is 0. The fourth-order valence-electron chi connectivity index (χ4n) is 4.24. The second-order valence-electron chi connectivity index (χ2n) is 8.33. The van der Waals surface area contributed by atoms with Crippen molar-refractivity contribution in [2.45, 2.75) is 45.1 Å². The molecule has 2 aliphatic rings. The average Bonchev–Trinajstić information content (AvgIpc) is 3.32. The summed E-state index contributed by atoms with van der Waals surface area (Å²) in [5.41, 5.74) is 4.39. The van der Waals surface area contributed by atoms with E-state index in [-0.39, 0.29) is 31.3 Å². The van der Waals surface area contributed by atoms with Crippen LogP contribution in [0.25, 0.3) is 11.1 Å². The molecule has 172 valence electrons. The van der Waals surface area contributed by atoms with E-state index < -0.39 is 29.9 Å². The van der Waals surface area contributed by atoms with Crippen molar-refractivity contribution in [2.24, 2.45) is 5.92 Å². The minimum atomic E-state index is -1.06. The highest BCUT2D eigenvalue weighted by Gasteiger charge is 2.37. The van der Waals surface area contributed by atoms with E-state index in [9.17, 15) is 19.2 Å². The summed E-state index contributed by atoms with van der Waals surface area (Å²) in [6, 6.07) is 14.9. The van der Waals surface area contributed by atoms with Crippen LogP contribution in [-0.2, 0) is 24.0 Å². The number of hydroxylamine groups is 2. The van der Waals surface area contributed by atoms with E-state index in [1.807, 2.05) is 55.5 Å². The molecule has 0 unspecified atom stereocenters. The lowest BCUT2D eigenvalue weighted by molar-refractivity contribution is -0.199. The van der Waals surface area contributed by atoms with Crippen LogP contribution >= 0.6 is 0 Å². The van der Waals surface area contributed by atoms with Crippen LogP contribution < -0.4 is 5.32 Å². The molecule has 1 aliphatic heterocycles. The highest BCUT2D eigenvalue weighted by Crippen LogP contribution is 2.44. The molecule has 2 aromatic rings. The number of hydrogen-bond acceptors (Lipinski definition) is 6. The smallest absolute Gasteiger partial charge is 0.407 e. The first-order valence-corrected chi connectivity index (χ1v) is 11.1. The Kier molecular flexibility index (Phi) is 6.44. The van der Waals surface area contributed by atoms with Crippen molar-refractivity contribution in [2.75, 3.05) is 6.61 Å². The van der Waals surface area contributed by atoms with E-state index in [2.05, 4.69) is 5.32 Å². The van der Waals surface area contributed by atoms with Crippen LogP contribution in [0, 0.1) is 5.92 Å². The van der Waals surface area contributed by atoms with Crippen molar-refractivity contribution in [1.82, 2.24) is 10.4 Å². The molecule has 1 saturated heterocycles. The Morgan fingerprint density at radius 3 is 2.09 bits per heavy atom. The molecule has 4 rings (SSSR count). The minimum absolute atomic E-state index is 0.0000810. The van der Waals surface area contributed by atoms with Crippen molar-refractivity contribution < 1.29 is 28.8 Å². The van der Waals surface area contributed by atoms with Crippen LogP contribution in [0.5, 0.6) is 0 Å². The third-order valence-electron chi connectivity index (χ3n) is 6.27. The molecule has 33 heavy (non-hydrogen) atoms. The second kappa shape index (κ2) is 9.44. The van der Waals surface area contributed by atoms with Gasteiger partial charge < -0.3 is 14.9 Å². The Balaban J connectivity index is 1.43. The quantitative estimate of drug-likeness (QED) is 0.648. The molecule has 8 nitrogen and oxygen atoms in total. The number of nitrogens with one attached hydrogen (secondary N) is 1. The Morgan fingerprint density at radius 2 is 1.55 bits per heavy atom. The van der Waals surface area contributed by atoms with Gasteiger partial charge >= 0.3 is 12.1 Å². The van der Waals surface area contributed by atoms with Gasteiger partial charge in [0.1, 0.15) is 12.6 Å². The number of carbonyl (C=O) groups excluding carboxylic acids is 4. The third-order valence-corrected chi connectivity index (χ3v) is 6.27. The van der Waals surface area contributed by atoms with Gasteiger partial charge in [-0.25, -0.2) is 9.59 Å². The van der Waals surface area contributed by atoms with Gasteiger partial charge in [-0.05, 0) is 28.2 Å². The van der Waals surface area contributed by atoms with Crippen molar-refractivity contribution in [1.29, 1.82) is 0 Å². The molecule has 0 aromatic heterocycles. The van der Waals surface area contributed by atoms with E-state index in [1.165, 1.54) is 0 Å². The lowest BCUT2D eigenvalue weighted by Crippen LogP contribution is -2.48. The number of nitrogens with zero attached hydrogens (tertiary/aromatic N) is 1. The maximum atomic E-state index is 12.7. The fraction of sp³-hybridized carbons (Fsp3) is 0.360. The highest BCUT2D eigenvalue weighted by molar-refractivity contribution is 6.01. The van der Waals surface area contributed by atoms with E-state index in [4.69, 9.17) is 9.57 Å². The molecule has 3 amide bonds. The van der Waals surface area contributed by atoms with Gasteiger partial charge in [-0.1, -0.05) is 68.8 Å². The van der Waals surface area contributed by atoms with E-state index in [1.54, 1.807) is 6.92 Å². The normalized spacial score (nSPS) is 16.7. The Bertz CT molecular complexity index is 1040. The summed E-state index contributed by atoms with van der Waals surface area (Å²) in [6.45, 7) is 3.73. The summed E-state index contributed by atoms with van der Waals surface area (Å²) in [5.74, 6) is -2.43. The lowest BCUT2D eigenvalue weighted by Gasteiger charge is -2.24. The zero-order valence-corrected chi connectivity index (χ0v) is 18.6. The molecule has 0 saturated carbocycles. The summed E-state index contributed by atoms with van der Waals surface area (Å²) >= 11 is 0. The van der Waals surface area contributed by atoms with Gasteiger partial charge in [-0.2, -0.15) is 0 Å². The predicted molar refractivity (Wildman–Crippen MR) is 119 cm³/mol. The number of ether oxygens (including phenoxy) is 1. The van der Waals surface area contributed by atoms with Crippen LogP contribution in [0.4, 0.5) is 4.79 Å². The fourth-order valence-corrected chi connectivity index (χ4v) is 4.24. The first-order chi connectivity index (χ1) is 15.9.